The van der Waals surface area contributed by atoms with Gasteiger partial charge in [-0.1, -0.05) is 36.0 Å². The zero-order valence-corrected chi connectivity index (χ0v) is 17.2. The zero-order chi connectivity index (χ0) is 19.0. The number of fused-ring (bicyclic) bond motifs is 1. The van der Waals surface area contributed by atoms with Gasteiger partial charge in [0, 0.05) is 31.6 Å². The predicted molar refractivity (Wildman–Crippen MR) is 111 cm³/mol. The summed E-state index contributed by atoms with van der Waals surface area (Å²) < 4.78 is 2.18. The molecule has 1 aliphatic heterocycles. The number of amides is 1. The fourth-order valence-electron chi connectivity index (χ4n) is 4.39. The Bertz CT molecular complexity index is 836. The summed E-state index contributed by atoms with van der Waals surface area (Å²) >= 11 is 12.4. The first kappa shape index (κ1) is 18.9. The first-order valence-electron chi connectivity index (χ1n) is 9.97. The molecule has 1 amide bonds. The number of halogens is 2. The number of anilines is 1. The summed E-state index contributed by atoms with van der Waals surface area (Å²) in [5.74, 6) is 1.30. The summed E-state index contributed by atoms with van der Waals surface area (Å²) in [5, 5.41) is 4.33. The number of nitrogens with one attached hydrogen (secondary N) is 1. The molecule has 1 N–H and O–H groups in total. The molecular formula is C20H26Cl2N4O. The van der Waals surface area contributed by atoms with E-state index in [4.69, 9.17) is 28.2 Å². The minimum atomic E-state index is 0.116. The number of rotatable bonds is 4. The van der Waals surface area contributed by atoms with E-state index in [1.54, 1.807) is 0 Å². The molecule has 1 aromatic heterocycles. The van der Waals surface area contributed by atoms with Gasteiger partial charge in [0.15, 0.2) is 0 Å². The number of carbonyl (C=O) groups excluding carboxylic acids is 1. The van der Waals surface area contributed by atoms with Crippen LogP contribution in [0.2, 0.25) is 10.0 Å². The molecule has 2 heterocycles. The maximum absolute atomic E-state index is 12.6. The van der Waals surface area contributed by atoms with Crippen LogP contribution in [-0.4, -0.2) is 34.6 Å². The normalized spacial score (nSPS) is 19.1. The number of carbonyl (C=O) groups is 1. The van der Waals surface area contributed by atoms with Crippen molar-refractivity contribution in [2.45, 2.75) is 58.0 Å². The first-order valence-corrected chi connectivity index (χ1v) is 10.7. The van der Waals surface area contributed by atoms with Crippen molar-refractivity contribution in [3.05, 3.63) is 22.2 Å². The summed E-state index contributed by atoms with van der Waals surface area (Å²) in [5.41, 5.74) is 1.87. The van der Waals surface area contributed by atoms with Gasteiger partial charge in [0.25, 0.3) is 0 Å². The lowest BCUT2D eigenvalue weighted by molar-refractivity contribution is -0.126. The van der Waals surface area contributed by atoms with Crippen LogP contribution < -0.4 is 10.2 Å². The first-order chi connectivity index (χ1) is 13.1. The number of aromatic nitrogens is 2. The maximum atomic E-state index is 12.6. The van der Waals surface area contributed by atoms with Gasteiger partial charge in [0.05, 0.1) is 21.1 Å². The summed E-state index contributed by atoms with van der Waals surface area (Å²) in [6, 6.07) is 4.12. The second kappa shape index (κ2) is 7.88. The second-order valence-corrected chi connectivity index (χ2v) is 8.48. The van der Waals surface area contributed by atoms with E-state index in [2.05, 4.69) is 21.7 Å². The summed E-state index contributed by atoms with van der Waals surface area (Å²) in [6.45, 7) is 4.60. The Morgan fingerprint density at radius 1 is 1.15 bits per heavy atom. The van der Waals surface area contributed by atoms with E-state index in [1.165, 1.54) is 12.8 Å². The highest BCUT2D eigenvalue weighted by atomic mass is 35.5. The van der Waals surface area contributed by atoms with E-state index in [0.29, 0.717) is 16.1 Å². The summed E-state index contributed by atoms with van der Waals surface area (Å²) in [6.07, 6.45) is 6.49. The number of imidazole rings is 1. The third kappa shape index (κ3) is 3.77. The number of benzene rings is 1. The molecule has 5 nitrogen and oxygen atoms in total. The molecule has 27 heavy (non-hydrogen) atoms. The van der Waals surface area contributed by atoms with Crippen LogP contribution in [0.1, 0.15) is 45.4 Å². The molecule has 0 spiro atoms. The number of hydrogen-bond acceptors (Lipinski definition) is 3. The van der Waals surface area contributed by atoms with Crippen molar-refractivity contribution in [1.29, 1.82) is 0 Å². The molecule has 0 unspecified atom stereocenters. The highest BCUT2D eigenvalue weighted by Gasteiger charge is 2.29. The van der Waals surface area contributed by atoms with Crippen LogP contribution in [0.3, 0.4) is 0 Å². The molecule has 7 heteroatoms. The van der Waals surface area contributed by atoms with Gasteiger partial charge >= 0.3 is 0 Å². The Kier molecular flexibility index (Phi) is 5.51. The summed E-state index contributed by atoms with van der Waals surface area (Å²) in [4.78, 5) is 19.6. The molecule has 0 atom stereocenters. The second-order valence-electron chi connectivity index (χ2n) is 7.66. The topological polar surface area (TPSA) is 50.2 Å². The molecule has 2 aromatic rings. The third-order valence-electron chi connectivity index (χ3n) is 5.94. The lowest BCUT2D eigenvalue weighted by Gasteiger charge is -2.32. The lowest BCUT2D eigenvalue weighted by Crippen LogP contribution is -2.43. The Hall–Kier alpha value is -1.46. The predicted octanol–water partition coefficient (Wildman–Crippen LogP) is 4.64. The standard InChI is InChI=1S/C20H26Cl2N4O/c1-2-26-18-12-16(22)15(21)11-17(18)24-20(26)25-9-7-13(8-10-25)19(27)23-14-5-3-4-6-14/h11-14H,2-10H2,1H3,(H,23,27). The Morgan fingerprint density at radius 3 is 2.48 bits per heavy atom. The average molecular weight is 409 g/mol. The van der Waals surface area contributed by atoms with Gasteiger partial charge in [-0.2, -0.15) is 0 Å². The fraction of sp³-hybridized carbons (Fsp3) is 0.600. The van der Waals surface area contributed by atoms with Gasteiger partial charge in [-0.05, 0) is 44.7 Å². The summed E-state index contributed by atoms with van der Waals surface area (Å²) in [7, 11) is 0. The van der Waals surface area contributed by atoms with Crippen LogP contribution in [0.4, 0.5) is 5.95 Å². The van der Waals surface area contributed by atoms with Gasteiger partial charge in [-0.15, -0.1) is 0 Å². The number of nitrogens with zero attached hydrogens (tertiary/aromatic N) is 3. The van der Waals surface area contributed by atoms with E-state index in [-0.39, 0.29) is 11.8 Å². The molecule has 0 bridgehead atoms. The number of aryl methyl sites for hydroxylation is 1. The molecule has 2 aliphatic rings. The molecule has 0 radical (unpaired) electrons. The average Bonchev–Trinajstić information content (AvgIpc) is 3.29. The van der Waals surface area contributed by atoms with Crippen molar-refractivity contribution in [3.8, 4) is 0 Å². The Morgan fingerprint density at radius 2 is 1.81 bits per heavy atom. The largest absolute Gasteiger partial charge is 0.353 e. The van der Waals surface area contributed by atoms with Crippen molar-refractivity contribution < 1.29 is 4.79 Å². The fourth-order valence-corrected chi connectivity index (χ4v) is 4.71. The third-order valence-corrected chi connectivity index (χ3v) is 6.66. The van der Waals surface area contributed by atoms with Crippen LogP contribution in [0, 0.1) is 5.92 Å². The molecule has 2 fully saturated rings. The van der Waals surface area contributed by atoms with Crippen LogP contribution in [0.5, 0.6) is 0 Å². The number of piperidine rings is 1. The lowest BCUT2D eigenvalue weighted by atomic mass is 9.95. The van der Waals surface area contributed by atoms with E-state index in [9.17, 15) is 4.79 Å². The van der Waals surface area contributed by atoms with Gasteiger partial charge in [0.2, 0.25) is 11.9 Å². The van der Waals surface area contributed by atoms with Gasteiger partial charge in [-0.25, -0.2) is 4.98 Å². The highest BCUT2D eigenvalue weighted by molar-refractivity contribution is 6.42. The van der Waals surface area contributed by atoms with Gasteiger partial charge in [-0.3, -0.25) is 4.79 Å². The van der Waals surface area contributed by atoms with Crippen LogP contribution >= 0.6 is 23.2 Å². The van der Waals surface area contributed by atoms with E-state index < -0.39 is 0 Å². The van der Waals surface area contributed by atoms with Crippen LogP contribution in [0.15, 0.2) is 12.1 Å². The van der Waals surface area contributed by atoms with E-state index in [1.807, 2.05) is 12.1 Å². The maximum Gasteiger partial charge on any atom is 0.223 e. The van der Waals surface area contributed by atoms with Crippen molar-refractivity contribution in [1.82, 2.24) is 14.9 Å². The molecule has 1 saturated heterocycles. The molecule has 146 valence electrons. The van der Waals surface area contributed by atoms with Crippen molar-refractivity contribution >= 4 is 46.1 Å². The minimum absolute atomic E-state index is 0.116. The molecule has 1 aliphatic carbocycles. The Balaban J connectivity index is 1.47. The van der Waals surface area contributed by atoms with E-state index >= 15 is 0 Å². The molecular weight excluding hydrogens is 383 g/mol. The Labute approximate surface area is 170 Å². The van der Waals surface area contributed by atoms with Crippen LogP contribution in [0.25, 0.3) is 11.0 Å². The zero-order valence-electron chi connectivity index (χ0n) is 15.7. The van der Waals surface area contributed by atoms with Crippen molar-refractivity contribution in [2.24, 2.45) is 5.92 Å². The smallest absolute Gasteiger partial charge is 0.223 e. The SMILES string of the molecule is CCn1c(N2CCC(C(=O)NC3CCCC3)CC2)nc2cc(Cl)c(Cl)cc21. The molecule has 4 rings (SSSR count). The van der Waals surface area contributed by atoms with Crippen molar-refractivity contribution in [3.63, 3.8) is 0 Å². The van der Waals surface area contributed by atoms with Crippen LogP contribution in [-0.2, 0) is 11.3 Å². The van der Waals surface area contributed by atoms with Crippen molar-refractivity contribution in [2.75, 3.05) is 18.0 Å². The molecule has 1 aromatic carbocycles. The van der Waals surface area contributed by atoms with Gasteiger partial charge < -0.3 is 14.8 Å². The minimum Gasteiger partial charge on any atom is -0.353 e. The van der Waals surface area contributed by atoms with E-state index in [0.717, 1.165) is 62.3 Å². The molecule has 1 saturated carbocycles. The highest BCUT2D eigenvalue weighted by Crippen LogP contribution is 2.32. The monoisotopic (exact) mass is 408 g/mol. The number of hydrogen-bond donors (Lipinski definition) is 1. The van der Waals surface area contributed by atoms with Gasteiger partial charge in [0.1, 0.15) is 0 Å². The quantitative estimate of drug-likeness (QED) is 0.801.